The van der Waals surface area contributed by atoms with E-state index < -0.39 is 0 Å². The van der Waals surface area contributed by atoms with Crippen LogP contribution in [0.25, 0.3) is 0 Å². The van der Waals surface area contributed by atoms with Gasteiger partial charge in [-0.2, -0.15) is 5.26 Å². The van der Waals surface area contributed by atoms with Crippen molar-refractivity contribution in [3.05, 3.63) is 11.8 Å². The first-order chi connectivity index (χ1) is 7.04. The van der Waals surface area contributed by atoms with Crippen LogP contribution in [0.2, 0.25) is 0 Å². The summed E-state index contributed by atoms with van der Waals surface area (Å²) in [6.45, 7) is 3.74. The number of hydrogen-bond donors (Lipinski definition) is 0. The van der Waals surface area contributed by atoms with Crippen molar-refractivity contribution in [2.75, 3.05) is 6.54 Å². The third-order valence-corrected chi connectivity index (χ3v) is 3.10. The molecule has 1 amide bonds. The monoisotopic (exact) mass is 224 g/mol. The van der Waals surface area contributed by atoms with Crippen molar-refractivity contribution < 1.29 is 9.59 Å². The third kappa shape index (κ3) is 3.10. The molecule has 0 aliphatic carbocycles. The zero-order valence-electron chi connectivity index (χ0n) is 8.69. The van der Waals surface area contributed by atoms with Gasteiger partial charge in [0, 0.05) is 36.9 Å². The molecule has 1 fully saturated rings. The van der Waals surface area contributed by atoms with Crippen LogP contribution >= 0.6 is 11.8 Å². The Balaban J connectivity index is 2.65. The smallest absolute Gasteiger partial charge is 0.227 e. The van der Waals surface area contributed by atoms with Crippen molar-refractivity contribution in [3.8, 4) is 6.07 Å². The molecule has 0 N–H and O–H groups in total. The van der Waals surface area contributed by atoms with Gasteiger partial charge in [0.25, 0.3) is 0 Å². The van der Waals surface area contributed by atoms with Crippen LogP contribution in [-0.4, -0.2) is 27.7 Å². The van der Waals surface area contributed by atoms with E-state index in [9.17, 15) is 9.59 Å². The highest BCUT2D eigenvalue weighted by molar-refractivity contribution is 8.14. The summed E-state index contributed by atoms with van der Waals surface area (Å²) < 4.78 is 0. The van der Waals surface area contributed by atoms with Gasteiger partial charge in [0.2, 0.25) is 5.91 Å². The minimum Gasteiger partial charge on any atom is -0.315 e. The number of hydrogen-bond acceptors (Lipinski definition) is 4. The first-order valence-corrected chi connectivity index (χ1v) is 5.46. The Kier molecular flexibility index (Phi) is 3.92. The number of rotatable bonds is 2. The van der Waals surface area contributed by atoms with Crippen LogP contribution in [0.15, 0.2) is 11.8 Å². The predicted molar refractivity (Wildman–Crippen MR) is 57.8 cm³/mol. The number of nitriles is 1. The molecule has 0 radical (unpaired) electrons. The summed E-state index contributed by atoms with van der Waals surface area (Å²) in [5, 5.41) is 8.52. The van der Waals surface area contributed by atoms with Crippen molar-refractivity contribution >= 4 is 22.8 Å². The first kappa shape index (κ1) is 11.8. The third-order valence-electron chi connectivity index (χ3n) is 2.12. The minimum atomic E-state index is -0.0160. The van der Waals surface area contributed by atoms with E-state index in [2.05, 4.69) is 0 Å². The summed E-state index contributed by atoms with van der Waals surface area (Å²) >= 11 is 1.19. The molecule has 0 bridgehead atoms. The lowest BCUT2D eigenvalue weighted by molar-refractivity contribution is -0.126. The molecule has 1 unspecified atom stereocenters. The molecule has 5 heteroatoms. The van der Waals surface area contributed by atoms with Crippen LogP contribution in [0.3, 0.4) is 0 Å². The highest BCUT2D eigenvalue weighted by Crippen LogP contribution is 2.26. The molecular weight excluding hydrogens is 212 g/mol. The van der Waals surface area contributed by atoms with Gasteiger partial charge >= 0.3 is 0 Å². The Hall–Kier alpha value is -1.28. The van der Waals surface area contributed by atoms with E-state index in [1.165, 1.54) is 24.8 Å². The van der Waals surface area contributed by atoms with Crippen LogP contribution in [-0.2, 0) is 9.59 Å². The molecule has 1 heterocycles. The minimum absolute atomic E-state index is 0.0160. The lowest BCUT2D eigenvalue weighted by atomic mass is 10.4. The maximum absolute atomic E-state index is 11.5. The molecule has 0 aromatic rings. The maximum Gasteiger partial charge on any atom is 0.227 e. The molecule has 4 nitrogen and oxygen atoms in total. The Labute approximate surface area is 92.9 Å². The molecule has 0 spiro atoms. The molecule has 0 saturated carbocycles. The van der Waals surface area contributed by atoms with Crippen LogP contribution in [0.4, 0.5) is 0 Å². The topological polar surface area (TPSA) is 61.2 Å². The van der Waals surface area contributed by atoms with Crippen molar-refractivity contribution in [2.45, 2.75) is 25.5 Å². The lowest BCUT2D eigenvalue weighted by Gasteiger charge is -2.15. The summed E-state index contributed by atoms with van der Waals surface area (Å²) in [6, 6.07) is 1.89. The van der Waals surface area contributed by atoms with Gasteiger partial charge in [-0.05, 0) is 6.92 Å². The SMILES string of the molecule is CC(=O)SC1CC(=O)N(C(C)=CC#N)C1. The van der Waals surface area contributed by atoms with Gasteiger partial charge in [-0.15, -0.1) is 0 Å². The zero-order valence-corrected chi connectivity index (χ0v) is 9.50. The van der Waals surface area contributed by atoms with Gasteiger partial charge in [0.05, 0.1) is 6.07 Å². The average Bonchev–Trinajstić information content (AvgIpc) is 2.46. The van der Waals surface area contributed by atoms with Crippen LogP contribution in [0.5, 0.6) is 0 Å². The summed E-state index contributed by atoms with van der Waals surface area (Å²) in [5.41, 5.74) is 0.647. The molecule has 1 saturated heterocycles. The molecule has 80 valence electrons. The molecule has 1 aliphatic heterocycles. The fourth-order valence-corrected chi connectivity index (χ4v) is 2.42. The maximum atomic E-state index is 11.5. The van der Waals surface area contributed by atoms with Crippen molar-refractivity contribution in [1.29, 1.82) is 5.26 Å². The van der Waals surface area contributed by atoms with E-state index in [4.69, 9.17) is 5.26 Å². The molecule has 0 aromatic heterocycles. The quantitative estimate of drug-likeness (QED) is 0.663. The number of allylic oxidation sites excluding steroid dienone is 2. The largest absolute Gasteiger partial charge is 0.315 e. The van der Waals surface area contributed by atoms with Gasteiger partial charge in [0.1, 0.15) is 0 Å². The van der Waals surface area contributed by atoms with E-state index in [1.54, 1.807) is 11.8 Å². The Morgan fingerprint density at radius 2 is 2.33 bits per heavy atom. The van der Waals surface area contributed by atoms with Gasteiger partial charge in [-0.25, -0.2) is 0 Å². The molecule has 1 rings (SSSR count). The Bertz CT molecular complexity index is 357. The summed E-state index contributed by atoms with van der Waals surface area (Å²) in [4.78, 5) is 24.0. The number of thioether (sulfide) groups is 1. The molecule has 1 aliphatic rings. The molecule has 1 atom stereocenters. The van der Waals surface area contributed by atoms with Crippen molar-refractivity contribution in [1.82, 2.24) is 4.90 Å². The standard InChI is InChI=1S/C10H12N2O2S/c1-7(3-4-11)12-6-9(5-10(12)14)15-8(2)13/h3,9H,5-6H2,1-2H3. The van der Waals surface area contributed by atoms with Gasteiger partial charge in [-0.1, -0.05) is 11.8 Å². The summed E-state index contributed by atoms with van der Waals surface area (Å²) in [5.74, 6) is -0.0160. The van der Waals surface area contributed by atoms with Gasteiger partial charge in [-0.3, -0.25) is 9.59 Å². The van der Waals surface area contributed by atoms with Gasteiger partial charge in [0.15, 0.2) is 5.12 Å². The van der Waals surface area contributed by atoms with E-state index in [1.807, 2.05) is 6.07 Å². The van der Waals surface area contributed by atoms with Crippen molar-refractivity contribution in [3.63, 3.8) is 0 Å². The number of likely N-dealkylation sites (tertiary alicyclic amines) is 1. The van der Waals surface area contributed by atoms with Crippen LogP contribution in [0.1, 0.15) is 20.3 Å². The predicted octanol–water partition coefficient (Wildman–Crippen LogP) is 1.29. The Morgan fingerprint density at radius 3 is 2.87 bits per heavy atom. The van der Waals surface area contributed by atoms with E-state index in [0.29, 0.717) is 18.7 Å². The zero-order chi connectivity index (χ0) is 11.4. The fourth-order valence-electron chi connectivity index (χ4n) is 1.50. The Morgan fingerprint density at radius 1 is 1.67 bits per heavy atom. The number of nitrogens with zero attached hydrogens (tertiary/aromatic N) is 2. The van der Waals surface area contributed by atoms with Gasteiger partial charge < -0.3 is 4.90 Å². The molecule has 0 aromatic carbocycles. The van der Waals surface area contributed by atoms with E-state index in [-0.39, 0.29) is 16.3 Å². The van der Waals surface area contributed by atoms with Crippen molar-refractivity contribution in [2.24, 2.45) is 0 Å². The second kappa shape index (κ2) is 4.99. The molecule has 15 heavy (non-hydrogen) atoms. The summed E-state index contributed by atoms with van der Waals surface area (Å²) in [6.07, 6.45) is 1.72. The highest BCUT2D eigenvalue weighted by atomic mass is 32.2. The van der Waals surface area contributed by atoms with E-state index in [0.717, 1.165) is 0 Å². The number of amides is 1. The highest BCUT2D eigenvalue weighted by Gasteiger charge is 2.31. The van der Waals surface area contributed by atoms with Crippen LogP contribution < -0.4 is 0 Å². The molecular formula is C10H12N2O2S. The van der Waals surface area contributed by atoms with Crippen LogP contribution in [0, 0.1) is 11.3 Å². The summed E-state index contributed by atoms with van der Waals surface area (Å²) in [7, 11) is 0. The number of carbonyl (C=O) groups excluding carboxylic acids is 2. The normalized spacial score (nSPS) is 21.7. The number of carbonyl (C=O) groups is 2. The second-order valence-corrected chi connectivity index (χ2v) is 4.83. The lowest BCUT2D eigenvalue weighted by Crippen LogP contribution is -2.23. The second-order valence-electron chi connectivity index (χ2n) is 3.35. The first-order valence-electron chi connectivity index (χ1n) is 4.58. The average molecular weight is 224 g/mol. The fraction of sp³-hybridized carbons (Fsp3) is 0.500. The van der Waals surface area contributed by atoms with E-state index >= 15 is 0 Å².